The first-order chi connectivity index (χ1) is 7.78. The SMILES string of the molecule is CCC1C(=O)N(C(C)C)CC1(C(C)C)C(C)C. The minimum absolute atomic E-state index is 0.163. The third-order valence-electron chi connectivity index (χ3n) is 4.86. The summed E-state index contributed by atoms with van der Waals surface area (Å²) in [5.41, 5.74) is 0.163. The predicted octanol–water partition coefficient (Wildman–Crippen LogP) is 3.56. The molecule has 1 saturated heterocycles. The van der Waals surface area contributed by atoms with E-state index in [1.807, 2.05) is 0 Å². The van der Waals surface area contributed by atoms with Crippen molar-refractivity contribution in [1.29, 1.82) is 0 Å². The van der Waals surface area contributed by atoms with Crippen LogP contribution in [0.25, 0.3) is 0 Å². The van der Waals surface area contributed by atoms with Crippen LogP contribution in [0.1, 0.15) is 54.9 Å². The molecule has 0 spiro atoms. The third kappa shape index (κ3) is 2.11. The van der Waals surface area contributed by atoms with Crippen LogP contribution in [-0.2, 0) is 4.79 Å². The van der Waals surface area contributed by atoms with Crippen molar-refractivity contribution in [3.8, 4) is 0 Å². The summed E-state index contributed by atoms with van der Waals surface area (Å²) >= 11 is 0. The van der Waals surface area contributed by atoms with Crippen molar-refractivity contribution in [3.05, 3.63) is 0 Å². The van der Waals surface area contributed by atoms with Gasteiger partial charge in [-0.3, -0.25) is 4.79 Å². The fourth-order valence-electron chi connectivity index (χ4n) is 3.74. The van der Waals surface area contributed by atoms with E-state index >= 15 is 0 Å². The molecule has 1 fully saturated rings. The van der Waals surface area contributed by atoms with Gasteiger partial charge < -0.3 is 4.90 Å². The predicted molar refractivity (Wildman–Crippen MR) is 72.7 cm³/mol. The maximum atomic E-state index is 12.5. The maximum absolute atomic E-state index is 12.5. The van der Waals surface area contributed by atoms with Gasteiger partial charge in [-0.15, -0.1) is 0 Å². The second-order valence-corrected chi connectivity index (χ2v) is 6.44. The molecule has 0 aliphatic carbocycles. The van der Waals surface area contributed by atoms with Crippen LogP contribution < -0.4 is 0 Å². The highest BCUT2D eigenvalue weighted by atomic mass is 16.2. The first-order valence-electron chi connectivity index (χ1n) is 7.09. The van der Waals surface area contributed by atoms with E-state index in [1.54, 1.807) is 0 Å². The quantitative estimate of drug-likeness (QED) is 0.734. The number of nitrogens with zero attached hydrogens (tertiary/aromatic N) is 1. The first-order valence-corrected chi connectivity index (χ1v) is 7.09. The topological polar surface area (TPSA) is 20.3 Å². The normalized spacial score (nSPS) is 24.5. The zero-order chi connectivity index (χ0) is 13.4. The molecule has 1 amide bonds. The summed E-state index contributed by atoms with van der Waals surface area (Å²) in [6.45, 7) is 16.5. The van der Waals surface area contributed by atoms with Gasteiger partial charge in [-0.05, 0) is 32.1 Å². The number of hydrogen-bond donors (Lipinski definition) is 0. The van der Waals surface area contributed by atoms with Gasteiger partial charge in [-0.2, -0.15) is 0 Å². The summed E-state index contributed by atoms with van der Waals surface area (Å²) < 4.78 is 0. The smallest absolute Gasteiger partial charge is 0.226 e. The van der Waals surface area contributed by atoms with Crippen LogP contribution in [0, 0.1) is 23.2 Å². The molecule has 0 bridgehead atoms. The van der Waals surface area contributed by atoms with Gasteiger partial charge in [0.2, 0.25) is 5.91 Å². The van der Waals surface area contributed by atoms with Crippen molar-refractivity contribution >= 4 is 5.91 Å². The van der Waals surface area contributed by atoms with E-state index in [-0.39, 0.29) is 11.3 Å². The van der Waals surface area contributed by atoms with Crippen LogP contribution in [0.3, 0.4) is 0 Å². The van der Waals surface area contributed by atoms with E-state index < -0.39 is 0 Å². The second-order valence-electron chi connectivity index (χ2n) is 6.44. The zero-order valence-electron chi connectivity index (χ0n) is 12.6. The fourth-order valence-corrected chi connectivity index (χ4v) is 3.74. The number of likely N-dealkylation sites (tertiary alicyclic amines) is 1. The molecule has 0 aromatic heterocycles. The van der Waals surface area contributed by atoms with Crippen molar-refractivity contribution < 1.29 is 4.79 Å². The third-order valence-corrected chi connectivity index (χ3v) is 4.86. The highest BCUT2D eigenvalue weighted by Gasteiger charge is 2.54. The molecule has 2 heteroatoms. The molecular weight excluding hydrogens is 210 g/mol. The van der Waals surface area contributed by atoms with Crippen molar-refractivity contribution in [1.82, 2.24) is 4.90 Å². The van der Waals surface area contributed by atoms with Gasteiger partial charge in [-0.1, -0.05) is 34.6 Å². The van der Waals surface area contributed by atoms with E-state index in [0.29, 0.717) is 23.8 Å². The van der Waals surface area contributed by atoms with Gasteiger partial charge in [0.25, 0.3) is 0 Å². The van der Waals surface area contributed by atoms with Crippen molar-refractivity contribution in [3.63, 3.8) is 0 Å². The average molecular weight is 239 g/mol. The Labute approximate surface area is 107 Å². The number of carbonyl (C=O) groups excluding carboxylic acids is 1. The molecule has 1 atom stereocenters. The number of rotatable bonds is 4. The van der Waals surface area contributed by atoms with Crippen molar-refractivity contribution in [2.24, 2.45) is 23.2 Å². The van der Waals surface area contributed by atoms with E-state index in [4.69, 9.17) is 0 Å². The lowest BCUT2D eigenvalue weighted by atomic mass is 9.62. The van der Waals surface area contributed by atoms with Gasteiger partial charge in [0.05, 0.1) is 0 Å². The van der Waals surface area contributed by atoms with Crippen LogP contribution in [-0.4, -0.2) is 23.4 Å². The lowest BCUT2D eigenvalue weighted by Crippen LogP contribution is -2.41. The summed E-state index contributed by atoms with van der Waals surface area (Å²) in [6.07, 6.45) is 0.971. The highest BCUT2D eigenvalue weighted by Crippen LogP contribution is 2.50. The summed E-state index contributed by atoms with van der Waals surface area (Å²) in [5, 5.41) is 0. The molecule has 17 heavy (non-hydrogen) atoms. The zero-order valence-corrected chi connectivity index (χ0v) is 12.6. The fraction of sp³-hybridized carbons (Fsp3) is 0.933. The van der Waals surface area contributed by atoms with E-state index in [1.165, 1.54) is 0 Å². The van der Waals surface area contributed by atoms with Gasteiger partial charge in [0.1, 0.15) is 0 Å². The molecule has 1 rings (SSSR count). The molecule has 1 heterocycles. The molecule has 2 nitrogen and oxygen atoms in total. The minimum Gasteiger partial charge on any atom is -0.339 e. The Kier molecular flexibility index (Phi) is 4.27. The van der Waals surface area contributed by atoms with Gasteiger partial charge in [0, 0.05) is 23.9 Å². The standard InChI is InChI=1S/C15H29NO/c1-8-13-14(17)16(12(6)7)9-15(13,10(2)3)11(4)5/h10-13H,8-9H2,1-7H3. The molecule has 1 aliphatic heterocycles. The van der Waals surface area contributed by atoms with E-state index in [9.17, 15) is 4.79 Å². The van der Waals surface area contributed by atoms with Crippen LogP contribution >= 0.6 is 0 Å². The largest absolute Gasteiger partial charge is 0.339 e. The Morgan fingerprint density at radius 3 is 1.88 bits per heavy atom. The molecular formula is C15H29NO. The monoisotopic (exact) mass is 239 g/mol. The first kappa shape index (κ1) is 14.5. The molecule has 1 unspecified atom stereocenters. The van der Waals surface area contributed by atoms with Gasteiger partial charge in [-0.25, -0.2) is 0 Å². The summed E-state index contributed by atoms with van der Waals surface area (Å²) in [7, 11) is 0. The lowest BCUT2D eigenvalue weighted by Gasteiger charge is -2.41. The Hall–Kier alpha value is -0.530. The summed E-state index contributed by atoms with van der Waals surface area (Å²) in [5.74, 6) is 1.70. The lowest BCUT2D eigenvalue weighted by molar-refractivity contribution is -0.133. The molecule has 0 saturated carbocycles. The molecule has 0 N–H and O–H groups in total. The van der Waals surface area contributed by atoms with Crippen molar-refractivity contribution in [2.75, 3.05) is 6.54 Å². The molecule has 0 aromatic carbocycles. The maximum Gasteiger partial charge on any atom is 0.226 e. The Morgan fingerprint density at radius 1 is 1.18 bits per heavy atom. The summed E-state index contributed by atoms with van der Waals surface area (Å²) in [6, 6.07) is 0.330. The Bertz CT molecular complexity index is 273. The Morgan fingerprint density at radius 2 is 1.65 bits per heavy atom. The number of hydrogen-bond acceptors (Lipinski definition) is 1. The van der Waals surface area contributed by atoms with Crippen LogP contribution in [0.2, 0.25) is 0 Å². The average Bonchev–Trinajstić information content (AvgIpc) is 2.52. The second kappa shape index (κ2) is 4.99. The van der Waals surface area contributed by atoms with Gasteiger partial charge in [0.15, 0.2) is 0 Å². The van der Waals surface area contributed by atoms with E-state index in [0.717, 1.165) is 13.0 Å². The highest BCUT2D eigenvalue weighted by molar-refractivity contribution is 5.82. The van der Waals surface area contributed by atoms with Crippen LogP contribution in [0.15, 0.2) is 0 Å². The summed E-state index contributed by atoms with van der Waals surface area (Å²) in [4.78, 5) is 14.6. The number of amides is 1. The molecule has 1 aliphatic rings. The molecule has 100 valence electrons. The van der Waals surface area contributed by atoms with E-state index in [2.05, 4.69) is 53.4 Å². The van der Waals surface area contributed by atoms with Gasteiger partial charge >= 0.3 is 0 Å². The molecule has 0 aromatic rings. The Balaban J connectivity index is 3.17. The van der Waals surface area contributed by atoms with Crippen LogP contribution in [0.5, 0.6) is 0 Å². The van der Waals surface area contributed by atoms with Crippen LogP contribution in [0.4, 0.5) is 0 Å². The van der Waals surface area contributed by atoms with Crippen molar-refractivity contribution in [2.45, 2.75) is 60.9 Å². The number of carbonyl (C=O) groups is 1. The minimum atomic E-state index is 0.163. The molecule has 0 radical (unpaired) electrons.